The first-order chi connectivity index (χ1) is 7.15. The molecule has 0 saturated carbocycles. The Hall–Kier alpha value is -2.36. The van der Waals surface area contributed by atoms with Gasteiger partial charge in [0.2, 0.25) is 0 Å². The molecule has 7 nitrogen and oxygen atoms in total. The third kappa shape index (κ3) is 2.80. The molecule has 0 saturated heterocycles. The van der Waals surface area contributed by atoms with Crippen LogP contribution in [0.15, 0.2) is 16.5 Å². The Morgan fingerprint density at radius 3 is 2.93 bits per heavy atom. The maximum Gasteiger partial charge on any atom is 0.433 e. The zero-order chi connectivity index (χ0) is 11.3. The minimum Gasteiger partial charge on any atom is -0.395 e. The van der Waals surface area contributed by atoms with Gasteiger partial charge in [-0.2, -0.15) is 5.26 Å². The largest absolute Gasteiger partial charge is 0.433 e. The van der Waals surface area contributed by atoms with Crippen LogP contribution in [0.1, 0.15) is 17.0 Å². The maximum atomic E-state index is 11.2. The topological polar surface area (TPSA) is 109 Å². The van der Waals surface area contributed by atoms with Crippen molar-refractivity contribution in [1.82, 2.24) is 5.32 Å². The number of hydrogen-bond donors (Lipinski definition) is 1. The van der Waals surface area contributed by atoms with Gasteiger partial charge in [-0.1, -0.05) is 0 Å². The van der Waals surface area contributed by atoms with E-state index in [0.717, 1.165) is 6.07 Å². The Kier molecular flexibility index (Phi) is 3.40. The van der Waals surface area contributed by atoms with Gasteiger partial charge in [0.25, 0.3) is 5.91 Å². The van der Waals surface area contributed by atoms with Crippen LogP contribution in [0.25, 0.3) is 0 Å². The molecule has 0 bridgehead atoms. The number of nitrogens with zero attached hydrogens (tertiary/aromatic N) is 2. The number of rotatable bonds is 4. The van der Waals surface area contributed by atoms with Gasteiger partial charge in [-0.15, -0.1) is 0 Å². The fourth-order valence-corrected chi connectivity index (χ4v) is 0.867. The summed E-state index contributed by atoms with van der Waals surface area (Å²) in [4.78, 5) is 20.7. The summed E-state index contributed by atoms with van der Waals surface area (Å²) in [6, 6.07) is 4.15. The van der Waals surface area contributed by atoms with Gasteiger partial charge in [-0.3, -0.25) is 14.9 Å². The molecule has 1 rings (SSSR count). The molecular formula is C8H7N3O4. The average molecular weight is 209 g/mol. The van der Waals surface area contributed by atoms with Crippen molar-refractivity contribution in [2.45, 2.75) is 6.42 Å². The molecule has 0 unspecified atom stereocenters. The predicted molar refractivity (Wildman–Crippen MR) is 47.9 cm³/mol. The number of nitriles is 1. The Balaban J connectivity index is 2.59. The monoisotopic (exact) mass is 209 g/mol. The lowest BCUT2D eigenvalue weighted by atomic mass is 10.4. The fraction of sp³-hybridized carbons (Fsp3) is 0.250. The Bertz CT molecular complexity index is 418. The molecule has 0 aromatic carbocycles. The van der Waals surface area contributed by atoms with Crippen LogP contribution in [-0.4, -0.2) is 17.4 Å². The molecule has 0 atom stereocenters. The highest BCUT2D eigenvalue weighted by molar-refractivity contribution is 5.91. The van der Waals surface area contributed by atoms with E-state index in [4.69, 9.17) is 5.26 Å². The number of carbonyl (C=O) groups excluding carboxylic acids is 1. The molecular weight excluding hydrogens is 202 g/mol. The first-order valence-corrected chi connectivity index (χ1v) is 4.04. The third-order valence-corrected chi connectivity index (χ3v) is 1.52. The van der Waals surface area contributed by atoms with Crippen molar-refractivity contribution in [2.75, 3.05) is 6.54 Å². The lowest BCUT2D eigenvalue weighted by molar-refractivity contribution is -0.402. The van der Waals surface area contributed by atoms with Crippen molar-refractivity contribution in [3.05, 3.63) is 28.0 Å². The molecule has 7 heteroatoms. The maximum absolute atomic E-state index is 11.2. The molecule has 0 radical (unpaired) electrons. The van der Waals surface area contributed by atoms with Gasteiger partial charge in [0.1, 0.15) is 4.92 Å². The molecule has 0 aliphatic heterocycles. The normalized spacial score (nSPS) is 9.27. The summed E-state index contributed by atoms with van der Waals surface area (Å²) in [6.07, 6.45) is 0.175. The van der Waals surface area contributed by atoms with E-state index >= 15 is 0 Å². The first kappa shape index (κ1) is 10.7. The van der Waals surface area contributed by atoms with Crippen molar-refractivity contribution in [1.29, 1.82) is 5.26 Å². The van der Waals surface area contributed by atoms with Crippen LogP contribution in [0.4, 0.5) is 5.88 Å². The molecule has 0 aliphatic carbocycles. The van der Waals surface area contributed by atoms with E-state index in [-0.39, 0.29) is 18.7 Å². The number of nitro groups is 1. The highest BCUT2D eigenvalue weighted by atomic mass is 16.6. The molecule has 1 N–H and O–H groups in total. The summed E-state index contributed by atoms with van der Waals surface area (Å²) in [5.74, 6) is -1.20. The van der Waals surface area contributed by atoms with Crippen LogP contribution >= 0.6 is 0 Å². The summed E-state index contributed by atoms with van der Waals surface area (Å²) in [5.41, 5.74) is 0. The van der Waals surface area contributed by atoms with E-state index in [1.807, 2.05) is 6.07 Å². The second kappa shape index (κ2) is 4.76. The van der Waals surface area contributed by atoms with E-state index in [1.54, 1.807) is 0 Å². The molecule has 0 fully saturated rings. The van der Waals surface area contributed by atoms with Crippen LogP contribution in [-0.2, 0) is 0 Å². The van der Waals surface area contributed by atoms with Crippen LogP contribution < -0.4 is 5.32 Å². The molecule has 15 heavy (non-hydrogen) atoms. The molecule has 0 aliphatic rings. The average Bonchev–Trinajstić information content (AvgIpc) is 2.66. The predicted octanol–water partition coefficient (Wildman–Crippen LogP) is 0.831. The van der Waals surface area contributed by atoms with Crippen molar-refractivity contribution < 1.29 is 14.1 Å². The van der Waals surface area contributed by atoms with E-state index in [2.05, 4.69) is 9.73 Å². The van der Waals surface area contributed by atoms with Crippen LogP contribution in [0, 0.1) is 21.4 Å². The van der Waals surface area contributed by atoms with Crippen molar-refractivity contribution in [3.63, 3.8) is 0 Å². The Morgan fingerprint density at radius 2 is 2.40 bits per heavy atom. The summed E-state index contributed by atoms with van der Waals surface area (Å²) in [7, 11) is 0. The number of carbonyl (C=O) groups is 1. The summed E-state index contributed by atoms with van der Waals surface area (Å²) < 4.78 is 4.64. The molecule has 1 heterocycles. The van der Waals surface area contributed by atoms with Crippen molar-refractivity contribution in [3.8, 4) is 6.07 Å². The van der Waals surface area contributed by atoms with Crippen LogP contribution in [0.3, 0.4) is 0 Å². The fourth-order valence-electron chi connectivity index (χ4n) is 0.867. The lowest BCUT2D eigenvalue weighted by Crippen LogP contribution is -2.23. The molecule has 0 spiro atoms. The molecule has 1 amide bonds. The standard InChI is InChI=1S/C8H7N3O4/c9-4-1-5-10-8(12)6-2-3-7(15-6)11(13)14/h2-3H,1,5H2,(H,10,12). The van der Waals surface area contributed by atoms with Gasteiger partial charge in [0, 0.05) is 6.54 Å². The highest BCUT2D eigenvalue weighted by Gasteiger charge is 2.16. The smallest absolute Gasteiger partial charge is 0.395 e. The SMILES string of the molecule is N#CCCNC(=O)c1ccc([N+](=O)[O-])o1. The zero-order valence-electron chi connectivity index (χ0n) is 7.60. The lowest BCUT2D eigenvalue weighted by Gasteiger charge is -1.97. The van der Waals surface area contributed by atoms with Gasteiger partial charge in [-0.25, -0.2) is 0 Å². The number of hydrogen-bond acceptors (Lipinski definition) is 5. The van der Waals surface area contributed by atoms with Crippen molar-refractivity contribution >= 4 is 11.8 Å². The number of nitrogens with one attached hydrogen (secondary N) is 1. The van der Waals surface area contributed by atoms with Gasteiger partial charge in [0.15, 0.2) is 5.76 Å². The Morgan fingerprint density at radius 1 is 1.67 bits per heavy atom. The van der Waals surface area contributed by atoms with E-state index in [0.29, 0.717) is 0 Å². The van der Waals surface area contributed by atoms with Gasteiger partial charge in [0.05, 0.1) is 18.6 Å². The summed E-state index contributed by atoms with van der Waals surface area (Å²) >= 11 is 0. The van der Waals surface area contributed by atoms with Crippen LogP contribution in [0.2, 0.25) is 0 Å². The molecule has 78 valence electrons. The second-order valence-electron chi connectivity index (χ2n) is 2.56. The van der Waals surface area contributed by atoms with Gasteiger partial charge in [-0.05, 0) is 6.07 Å². The van der Waals surface area contributed by atoms with E-state index in [1.165, 1.54) is 6.07 Å². The minimum atomic E-state index is -0.730. The summed E-state index contributed by atoms with van der Waals surface area (Å²) in [5, 5.41) is 20.8. The van der Waals surface area contributed by atoms with Crippen molar-refractivity contribution in [2.24, 2.45) is 0 Å². The quantitative estimate of drug-likeness (QED) is 0.448. The highest BCUT2D eigenvalue weighted by Crippen LogP contribution is 2.15. The summed E-state index contributed by atoms with van der Waals surface area (Å²) in [6.45, 7) is 0.184. The zero-order valence-corrected chi connectivity index (χ0v) is 7.60. The van der Waals surface area contributed by atoms with Crippen LogP contribution in [0.5, 0.6) is 0 Å². The molecule has 1 aromatic heterocycles. The van der Waals surface area contributed by atoms with Gasteiger partial charge >= 0.3 is 5.88 Å². The number of furan rings is 1. The van der Waals surface area contributed by atoms with E-state index in [9.17, 15) is 14.9 Å². The minimum absolute atomic E-state index is 0.139. The first-order valence-electron chi connectivity index (χ1n) is 4.04. The number of amides is 1. The third-order valence-electron chi connectivity index (χ3n) is 1.52. The van der Waals surface area contributed by atoms with E-state index < -0.39 is 16.7 Å². The second-order valence-corrected chi connectivity index (χ2v) is 2.56. The van der Waals surface area contributed by atoms with Gasteiger partial charge < -0.3 is 9.73 Å². The molecule has 1 aromatic rings. The Labute approximate surface area is 84.4 Å².